The van der Waals surface area contributed by atoms with E-state index in [1.807, 2.05) is 6.92 Å². The van der Waals surface area contributed by atoms with Crippen LogP contribution in [0.25, 0.3) is 0 Å². The zero-order valence-corrected chi connectivity index (χ0v) is 9.95. The Bertz CT molecular complexity index is 351. The zero-order chi connectivity index (χ0) is 12.7. The van der Waals surface area contributed by atoms with Crippen LogP contribution in [0.3, 0.4) is 0 Å². The van der Waals surface area contributed by atoms with Crippen molar-refractivity contribution >= 4 is 5.91 Å². The van der Waals surface area contributed by atoms with Gasteiger partial charge in [-0.15, -0.1) is 0 Å². The third-order valence-corrected chi connectivity index (χ3v) is 2.52. The van der Waals surface area contributed by atoms with E-state index in [1.165, 1.54) is 12.1 Å². The van der Waals surface area contributed by atoms with Crippen LogP contribution in [-0.2, 0) is 11.2 Å². The molecular formula is C13H18FNO2. The molecule has 2 N–H and O–H groups in total. The van der Waals surface area contributed by atoms with Gasteiger partial charge in [-0.2, -0.15) is 0 Å². The monoisotopic (exact) mass is 239 g/mol. The number of hydrogen-bond acceptors (Lipinski definition) is 2. The number of hydrogen-bond donors (Lipinski definition) is 2. The highest BCUT2D eigenvalue weighted by Gasteiger charge is 2.06. The lowest BCUT2D eigenvalue weighted by molar-refractivity contribution is -0.121. The number of halogens is 1. The summed E-state index contributed by atoms with van der Waals surface area (Å²) in [5, 5.41) is 11.5. The summed E-state index contributed by atoms with van der Waals surface area (Å²) < 4.78 is 12.6. The minimum Gasteiger partial charge on any atom is -0.396 e. The number of benzene rings is 1. The minimum atomic E-state index is -0.269. The smallest absolute Gasteiger partial charge is 0.220 e. The Morgan fingerprint density at radius 3 is 2.65 bits per heavy atom. The summed E-state index contributed by atoms with van der Waals surface area (Å²) in [6, 6.07) is 6.13. The standard InChI is InChI=1S/C13H18FNO2/c1-10(8-9-16)15-13(17)7-4-11-2-5-12(14)6-3-11/h2-3,5-6,10,16H,4,7-9H2,1H3,(H,15,17). The lowest BCUT2D eigenvalue weighted by Gasteiger charge is -2.12. The van der Waals surface area contributed by atoms with Gasteiger partial charge >= 0.3 is 0 Å². The maximum absolute atomic E-state index is 12.6. The summed E-state index contributed by atoms with van der Waals surface area (Å²) in [4.78, 5) is 11.5. The molecule has 1 amide bonds. The molecule has 1 rings (SSSR count). The summed E-state index contributed by atoms with van der Waals surface area (Å²) in [6.07, 6.45) is 1.53. The molecule has 1 aromatic rings. The van der Waals surface area contributed by atoms with Crippen LogP contribution in [0.1, 0.15) is 25.3 Å². The van der Waals surface area contributed by atoms with Crippen LogP contribution in [0, 0.1) is 5.82 Å². The van der Waals surface area contributed by atoms with Crippen molar-refractivity contribution in [1.82, 2.24) is 5.32 Å². The highest BCUT2D eigenvalue weighted by molar-refractivity contribution is 5.76. The molecule has 0 aliphatic rings. The van der Waals surface area contributed by atoms with Gasteiger partial charge in [0, 0.05) is 19.1 Å². The molecule has 0 radical (unpaired) electrons. The molecule has 0 bridgehead atoms. The Morgan fingerprint density at radius 1 is 1.41 bits per heavy atom. The van der Waals surface area contributed by atoms with Crippen LogP contribution in [0.4, 0.5) is 4.39 Å². The fourth-order valence-electron chi connectivity index (χ4n) is 1.52. The summed E-state index contributed by atoms with van der Waals surface area (Å²) in [5.41, 5.74) is 0.941. The summed E-state index contributed by atoms with van der Waals surface area (Å²) in [5.74, 6) is -0.315. The van der Waals surface area contributed by atoms with Crippen molar-refractivity contribution in [2.75, 3.05) is 6.61 Å². The highest BCUT2D eigenvalue weighted by Crippen LogP contribution is 2.05. The van der Waals surface area contributed by atoms with E-state index in [2.05, 4.69) is 5.32 Å². The molecule has 0 spiro atoms. The van der Waals surface area contributed by atoms with Crippen molar-refractivity contribution in [2.45, 2.75) is 32.2 Å². The number of carbonyl (C=O) groups is 1. The normalized spacial score (nSPS) is 12.2. The largest absolute Gasteiger partial charge is 0.396 e. The second-order valence-corrected chi connectivity index (χ2v) is 4.11. The molecule has 0 fully saturated rings. The molecular weight excluding hydrogens is 221 g/mol. The Kier molecular flexibility index (Phi) is 5.63. The molecule has 0 saturated carbocycles. The van der Waals surface area contributed by atoms with E-state index in [0.717, 1.165) is 5.56 Å². The predicted octanol–water partition coefficient (Wildman–Crippen LogP) is 1.65. The van der Waals surface area contributed by atoms with E-state index >= 15 is 0 Å². The molecule has 0 aliphatic heterocycles. The Morgan fingerprint density at radius 2 is 2.06 bits per heavy atom. The van der Waals surface area contributed by atoms with Gasteiger partial charge < -0.3 is 10.4 Å². The molecule has 0 aliphatic carbocycles. The minimum absolute atomic E-state index is 0.0132. The van der Waals surface area contributed by atoms with E-state index in [0.29, 0.717) is 19.3 Å². The first-order chi connectivity index (χ1) is 8.11. The van der Waals surface area contributed by atoms with E-state index < -0.39 is 0 Å². The Balaban J connectivity index is 2.30. The van der Waals surface area contributed by atoms with Crippen LogP contribution < -0.4 is 5.32 Å². The van der Waals surface area contributed by atoms with Crippen molar-refractivity contribution in [3.05, 3.63) is 35.6 Å². The third-order valence-electron chi connectivity index (χ3n) is 2.52. The van der Waals surface area contributed by atoms with Gasteiger partial charge in [0.15, 0.2) is 0 Å². The molecule has 4 heteroatoms. The van der Waals surface area contributed by atoms with E-state index in [9.17, 15) is 9.18 Å². The number of rotatable bonds is 6. The fraction of sp³-hybridized carbons (Fsp3) is 0.462. The molecule has 0 aromatic heterocycles. The number of amides is 1. The average molecular weight is 239 g/mol. The van der Waals surface area contributed by atoms with Crippen LogP contribution in [0.2, 0.25) is 0 Å². The lowest BCUT2D eigenvalue weighted by atomic mass is 10.1. The maximum atomic E-state index is 12.6. The molecule has 17 heavy (non-hydrogen) atoms. The summed E-state index contributed by atoms with van der Waals surface area (Å²) in [7, 11) is 0. The summed E-state index contributed by atoms with van der Waals surface area (Å²) in [6.45, 7) is 1.92. The Labute approximate surface area is 101 Å². The molecule has 1 aromatic carbocycles. The van der Waals surface area contributed by atoms with Gasteiger partial charge in [-0.1, -0.05) is 12.1 Å². The third kappa shape index (κ3) is 5.45. The number of carbonyl (C=O) groups excluding carboxylic acids is 1. The maximum Gasteiger partial charge on any atom is 0.220 e. The van der Waals surface area contributed by atoms with Crippen molar-refractivity contribution in [1.29, 1.82) is 0 Å². The number of nitrogens with one attached hydrogen (secondary N) is 1. The molecule has 0 heterocycles. The fourth-order valence-corrected chi connectivity index (χ4v) is 1.52. The number of aryl methyl sites for hydroxylation is 1. The molecule has 1 atom stereocenters. The molecule has 94 valence electrons. The zero-order valence-electron chi connectivity index (χ0n) is 9.95. The van der Waals surface area contributed by atoms with Gasteiger partial charge in [-0.3, -0.25) is 4.79 Å². The highest BCUT2D eigenvalue weighted by atomic mass is 19.1. The first-order valence-electron chi connectivity index (χ1n) is 5.76. The van der Waals surface area contributed by atoms with Crippen LogP contribution in [0.15, 0.2) is 24.3 Å². The van der Waals surface area contributed by atoms with Crippen LogP contribution >= 0.6 is 0 Å². The van der Waals surface area contributed by atoms with Crippen molar-refractivity contribution < 1.29 is 14.3 Å². The van der Waals surface area contributed by atoms with E-state index in [-0.39, 0.29) is 24.4 Å². The SMILES string of the molecule is CC(CCO)NC(=O)CCc1ccc(F)cc1. The topological polar surface area (TPSA) is 49.3 Å². The molecule has 3 nitrogen and oxygen atoms in total. The van der Waals surface area contributed by atoms with Crippen molar-refractivity contribution in [3.63, 3.8) is 0 Å². The average Bonchev–Trinajstić information content (AvgIpc) is 2.28. The van der Waals surface area contributed by atoms with Crippen LogP contribution in [-0.4, -0.2) is 23.7 Å². The quantitative estimate of drug-likeness (QED) is 0.793. The number of aliphatic hydroxyl groups excluding tert-OH is 1. The van der Waals surface area contributed by atoms with Gasteiger partial charge in [-0.05, 0) is 37.5 Å². The number of aliphatic hydroxyl groups is 1. The first kappa shape index (κ1) is 13.6. The van der Waals surface area contributed by atoms with Gasteiger partial charge in [0.1, 0.15) is 5.82 Å². The van der Waals surface area contributed by atoms with Crippen molar-refractivity contribution in [2.24, 2.45) is 0 Å². The predicted molar refractivity (Wildman–Crippen MR) is 64.0 cm³/mol. The second kappa shape index (κ2) is 7.01. The molecule has 1 unspecified atom stereocenters. The van der Waals surface area contributed by atoms with Crippen LogP contribution in [0.5, 0.6) is 0 Å². The first-order valence-corrected chi connectivity index (χ1v) is 5.76. The second-order valence-electron chi connectivity index (χ2n) is 4.11. The van der Waals surface area contributed by atoms with E-state index in [1.54, 1.807) is 12.1 Å². The van der Waals surface area contributed by atoms with Crippen molar-refractivity contribution in [3.8, 4) is 0 Å². The van der Waals surface area contributed by atoms with E-state index in [4.69, 9.17) is 5.11 Å². The lowest BCUT2D eigenvalue weighted by Crippen LogP contribution is -2.33. The van der Waals surface area contributed by atoms with Gasteiger partial charge in [0.2, 0.25) is 5.91 Å². The Hall–Kier alpha value is -1.42. The van der Waals surface area contributed by atoms with Gasteiger partial charge in [0.05, 0.1) is 0 Å². The molecule has 0 saturated heterocycles. The summed E-state index contributed by atoms with van der Waals surface area (Å²) >= 11 is 0. The van der Waals surface area contributed by atoms with Gasteiger partial charge in [0.25, 0.3) is 0 Å². The van der Waals surface area contributed by atoms with Gasteiger partial charge in [-0.25, -0.2) is 4.39 Å².